The van der Waals surface area contributed by atoms with Crippen LogP contribution in [0.2, 0.25) is 0 Å². The molecular formula is C17H27N3O3S. The lowest BCUT2D eigenvalue weighted by Crippen LogP contribution is -2.46. The van der Waals surface area contributed by atoms with E-state index >= 15 is 0 Å². The molecule has 0 radical (unpaired) electrons. The molecule has 0 aromatic heterocycles. The van der Waals surface area contributed by atoms with Gasteiger partial charge in [-0.3, -0.25) is 4.90 Å². The van der Waals surface area contributed by atoms with Crippen molar-refractivity contribution in [3.8, 4) is 5.75 Å². The van der Waals surface area contributed by atoms with Gasteiger partial charge in [0.05, 0.1) is 0 Å². The Kier molecular flexibility index (Phi) is 5.44. The molecule has 3 rings (SSSR count). The third kappa shape index (κ3) is 4.47. The number of ether oxygens (including phenoxy) is 1. The lowest BCUT2D eigenvalue weighted by atomic mass is 9.99. The first-order valence-corrected chi connectivity index (χ1v) is 10.00. The van der Waals surface area contributed by atoms with E-state index in [1.165, 1.54) is 17.1 Å². The molecule has 1 aromatic carbocycles. The van der Waals surface area contributed by atoms with E-state index in [0.29, 0.717) is 18.4 Å². The summed E-state index contributed by atoms with van der Waals surface area (Å²) in [5, 5.41) is 0. The molecule has 1 aliphatic heterocycles. The largest absolute Gasteiger partial charge is 0.492 e. The van der Waals surface area contributed by atoms with Crippen molar-refractivity contribution >= 4 is 10.2 Å². The second kappa shape index (κ2) is 7.39. The van der Waals surface area contributed by atoms with Crippen molar-refractivity contribution in [2.24, 2.45) is 11.8 Å². The van der Waals surface area contributed by atoms with Crippen molar-refractivity contribution in [3.05, 3.63) is 30.3 Å². The molecule has 2 aliphatic rings. The molecule has 7 heteroatoms. The Morgan fingerprint density at radius 1 is 1.21 bits per heavy atom. The van der Waals surface area contributed by atoms with Crippen LogP contribution in [0, 0.1) is 11.8 Å². The van der Waals surface area contributed by atoms with E-state index in [9.17, 15) is 8.42 Å². The fourth-order valence-corrected chi connectivity index (χ4v) is 4.17. The van der Waals surface area contributed by atoms with Gasteiger partial charge in [0.15, 0.2) is 0 Å². The molecule has 0 spiro atoms. The van der Waals surface area contributed by atoms with Gasteiger partial charge in [-0.15, -0.1) is 0 Å². The molecule has 1 aliphatic carbocycles. The maximum atomic E-state index is 12.2. The highest BCUT2D eigenvalue weighted by Gasteiger charge is 2.43. The topological polar surface area (TPSA) is 61.9 Å². The zero-order chi connectivity index (χ0) is 17.2. The normalized spacial score (nSPS) is 25.3. The van der Waals surface area contributed by atoms with Crippen molar-refractivity contribution in [1.29, 1.82) is 0 Å². The van der Waals surface area contributed by atoms with Gasteiger partial charge >= 0.3 is 0 Å². The first kappa shape index (κ1) is 17.7. The second-order valence-electron chi connectivity index (χ2n) is 6.93. The molecule has 24 heavy (non-hydrogen) atoms. The molecule has 2 fully saturated rings. The van der Waals surface area contributed by atoms with Crippen molar-refractivity contribution in [2.45, 2.75) is 18.9 Å². The molecule has 1 N–H and O–H groups in total. The fraction of sp³-hybridized carbons (Fsp3) is 0.647. The van der Waals surface area contributed by atoms with Crippen LogP contribution in [0.25, 0.3) is 0 Å². The smallest absolute Gasteiger partial charge is 0.279 e. The van der Waals surface area contributed by atoms with Crippen molar-refractivity contribution in [1.82, 2.24) is 13.9 Å². The summed E-state index contributed by atoms with van der Waals surface area (Å²) >= 11 is 0. The van der Waals surface area contributed by atoms with Gasteiger partial charge in [-0.1, -0.05) is 18.2 Å². The minimum atomic E-state index is -3.38. The van der Waals surface area contributed by atoms with E-state index < -0.39 is 10.2 Å². The molecule has 1 saturated heterocycles. The molecular weight excluding hydrogens is 326 g/mol. The predicted octanol–water partition coefficient (Wildman–Crippen LogP) is 1.17. The SMILES string of the molecule is CN(C)S(=O)(=O)N[C@@H]1CN(CCOc2ccccc2)C[C@H]1C1CC1. The first-order valence-electron chi connectivity index (χ1n) is 8.55. The van der Waals surface area contributed by atoms with Crippen LogP contribution in [0.1, 0.15) is 12.8 Å². The lowest BCUT2D eigenvalue weighted by Gasteiger charge is -2.21. The fourth-order valence-electron chi connectivity index (χ4n) is 3.33. The maximum Gasteiger partial charge on any atom is 0.279 e. The van der Waals surface area contributed by atoms with E-state index in [1.807, 2.05) is 30.3 Å². The molecule has 2 atom stereocenters. The molecule has 1 heterocycles. The van der Waals surface area contributed by atoms with Crippen LogP contribution in [0.5, 0.6) is 5.75 Å². The second-order valence-corrected chi connectivity index (χ2v) is 8.85. The highest BCUT2D eigenvalue weighted by molar-refractivity contribution is 7.87. The van der Waals surface area contributed by atoms with E-state index in [0.717, 1.165) is 25.4 Å². The third-order valence-corrected chi connectivity index (χ3v) is 6.43. The summed E-state index contributed by atoms with van der Waals surface area (Å²) in [6.07, 6.45) is 2.44. The van der Waals surface area contributed by atoms with Crippen molar-refractivity contribution in [3.63, 3.8) is 0 Å². The Hall–Kier alpha value is -1.15. The van der Waals surface area contributed by atoms with Gasteiger partial charge in [0.25, 0.3) is 10.2 Å². The molecule has 0 bridgehead atoms. The van der Waals surface area contributed by atoms with E-state index in [4.69, 9.17) is 4.74 Å². The van der Waals surface area contributed by atoms with Gasteiger partial charge in [0.2, 0.25) is 0 Å². The van der Waals surface area contributed by atoms with Crippen molar-refractivity contribution < 1.29 is 13.2 Å². The number of para-hydroxylation sites is 1. The van der Waals surface area contributed by atoms with Gasteiger partial charge in [-0.2, -0.15) is 17.4 Å². The van der Waals surface area contributed by atoms with Crippen LogP contribution >= 0.6 is 0 Å². The Morgan fingerprint density at radius 3 is 2.54 bits per heavy atom. The average molecular weight is 353 g/mol. The molecule has 1 saturated carbocycles. The third-order valence-electron chi connectivity index (χ3n) is 4.87. The summed E-state index contributed by atoms with van der Waals surface area (Å²) in [6.45, 7) is 3.14. The van der Waals surface area contributed by atoms with Crippen LogP contribution in [0.15, 0.2) is 30.3 Å². The average Bonchev–Trinajstić information content (AvgIpc) is 3.31. The highest BCUT2D eigenvalue weighted by atomic mass is 32.2. The van der Waals surface area contributed by atoms with E-state index in [-0.39, 0.29) is 6.04 Å². The van der Waals surface area contributed by atoms with Crippen LogP contribution < -0.4 is 9.46 Å². The number of likely N-dealkylation sites (tertiary alicyclic amines) is 1. The molecule has 0 amide bonds. The number of benzene rings is 1. The van der Waals surface area contributed by atoms with E-state index in [1.54, 1.807) is 14.1 Å². The van der Waals surface area contributed by atoms with Gasteiger partial charge in [-0.05, 0) is 36.8 Å². The monoisotopic (exact) mass is 353 g/mol. The molecule has 1 aromatic rings. The first-order chi connectivity index (χ1) is 11.5. The minimum absolute atomic E-state index is 0.00150. The molecule has 6 nitrogen and oxygen atoms in total. The Morgan fingerprint density at radius 2 is 1.92 bits per heavy atom. The van der Waals surface area contributed by atoms with Crippen LogP contribution in [-0.2, 0) is 10.2 Å². The quantitative estimate of drug-likeness (QED) is 0.762. The number of nitrogens with zero attached hydrogens (tertiary/aromatic N) is 2. The standard InChI is InChI=1S/C17H27N3O3S/c1-19(2)24(21,22)18-17-13-20(12-16(17)14-8-9-14)10-11-23-15-6-4-3-5-7-15/h3-7,14,16-18H,8-13H2,1-2H3/t16-,17+/m0/s1. The maximum absolute atomic E-state index is 12.2. The lowest BCUT2D eigenvalue weighted by molar-refractivity contribution is 0.230. The summed E-state index contributed by atoms with van der Waals surface area (Å²) < 4.78 is 34.2. The Labute approximate surface area is 145 Å². The summed E-state index contributed by atoms with van der Waals surface area (Å²) in [4.78, 5) is 2.31. The molecule has 134 valence electrons. The molecule has 0 unspecified atom stereocenters. The van der Waals surface area contributed by atoms with Crippen LogP contribution in [0.4, 0.5) is 0 Å². The van der Waals surface area contributed by atoms with Gasteiger partial charge in [0, 0.05) is 39.8 Å². The number of rotatable bonds is 8. The van der Waals surface area contributed by atoms with Gasteiger partial charge < -0.3 is 4.74 Å². The predicted molar refractivity (Wildman–Crippen MR) is 94.1 cm³/mol. The number of hydrogen-bond acceptors (Lipinski definition) is 4. The summed E-state index contributed by atoms with van der Waals surface area (Å²) in [5.41, 5.74) is 0. The van der Waals surface area contributed by atoms with Crippen molar-refractivity contribution in [2.75, 3.05) is 40.3 Å². The zero-order valence-electron chi connectivity index (χ0n) is 14.4. The van der Waals surface area contributed by atoms with Crippen LogP contribution in [0.3, 0.4) is 0 Å². The Bertz CT molecular complexity index is 632. The van der Waals surface area contributed by atoms with Crippen LogP contribution in [-0.4, -0.2) is 64.0 Å². The highest BCUT2D eigenvalue weighted by Crippen LogP contribution is 2.41. The summed E-state index contributed by atoms with van der Waals surface area (Å²) in [7, 11) is -0.253. The van der Waals surface area contributed by atoms with E-state index in [2.05, 4.69) is 9.62 Å². The zero-order valence-corrected chi connectivity index (χ0v) is 15.2. The van der Waals surface area contributed by atoms with Gasteiger partial charge in [-0.25, -0.2) is 0 Å². The van der Waals surface area contributed by atoms with Gasteiger partial charge in [0.1, 0.15) is 12.4 Å². The Balaban J connectivity index is 1.53. The minimum Gasteiger partial charge on any atom is -0.492 e. The number of nitrogens with one attached hydrogen (secondary N) is 1. The summed E-state index contributed by atoms with van der Waals surface area (Å²) in [6, 6.07) is 9.78. The summed E-state index contributed by atoms with van der Waals surface area (Å²) in [5.74, 6) is 1.96. The number of hydrogen-bond donors (Lipinski definition) is 1.